The molecule has 4 nitrogen and oxygen atoms in total. The molecule has 1 saturated carbocycles. The molecule has 0 aromatic heterocycles. The van der Waals surface area contributed by atoms with Crippen LogP contribution in [0.4, 0.5) is 4.79 Å². The highest BCUT2D eigenvalue weighted by Gasteiger charge is 2.41. The molecule has 3 aliphatic rings. The number of amides is 1. The van der Waals surface area contributed by atoms with Crippen LogP contribution >= 0.6 is 0 Å². The number of hydrogen-bond acceptors (Lipinski definition) is 3. The summed E-state index contributed by atoms with van der Waals surface area (Å²) in [6, 6.07) is 0.407. The number of cyclic esters (lactones) is 1. The molecular weight excluding hydrogens is 216 g/mol. The number of ether oxygens (including phenoxy) is 1. The predicted octanol–water partition coefficient (Wildman–Crippen LogP) is 1.89. The van der Waals surface area contributed by atoms with Gasteiger partial charge in [-0.2, -0.15) is 0 Å². The van der Waals surface area contributed by atoms with Crippen LogP contribution in [0.25, 0.3) is 0 Å². The van der Waals surface area contributed by atoms with E-state index in [4.69, 9.17) is 4.74 Å². The number of nitrogens with zero attached hydrogens (tertiary/aromatic N) is 1. The maximum atomic E-state index is 11.6. The fourth-order valence-corrected chi connectivity index (χ4v) is 3.74. The molecule has 0 bridgehead atoms. The van der Waals surface area contributed by atoms with Gasteiger partial charge in [-0.05, 0) is 32.2 Å². The minimum atomic E-state index is -0.0946. The molecule has 2 heterocycles. The van der Waals surface area contributed by atoms with Crippen LogP contribution in [0.15, 0.2) is 0 Å². The van der Waals surface area contributed by atoms with Crippen molar-refractivity contribution < 1.29 is 9.53 Å². The van der Waals surface area contributed by atoms with Gasteiger partial charge in [0, 0.05) is 11.6 Å². The molecule has 0 aromatic rings. The van der Waals surface area contributed by atoms with E-state index in [0.29, 0.717) is 18.2 Å². The quantitative estimate of drug-likeness (QED) is 0.758. The van der Waals surface area contributed by atoms with E-state index in [1.54, 1.807) is 0 Å². The van der Waals surface area contributed by atoms with Gasteiger partial charge in [0.25, 0.3) is 0 Å². The van der Waals surface area contributed by atoms with Crippen LogP contribution < -0.4 is 5.32 Å². The van der Waals surface area contributed by atoms with Crippen molar-refractivity contribution in [3.8, 4) is 0 Å². The van der Waals surface area contributed by atoms with E-state index in [-0.39, 0.29) is 6.09 Å². The van der Waals surface area contributed by atoms with Crippen molar-refractivity contribution in [1.29, 1.82) is 0 Å². The van der Waals surface area contributed by atoms with Gasteiger partial charge in [0.2, 0.25) is 0 Å². The third-order valence-electron chi connectivity index (χ3n) is 4.65. The number of piperidine rings is 1. The highest BCUT2D eigenvalue weighted by Crippen LogP contribution is 2.36. The molecule has 1 N–H and O–H groups in total. The Morgan fingerprint density at radius 2 is 2.12 bits per heavy atom. The molecule has 1 aliphatic carbocycles. The van der Waals surface area contributed by atoms with Gasteiger partial charge >= 0.3 is 6.09 Å². The van der Waals surface area contributed by atoms with Gasteiger partial charge in [-0.3, -0.25) is 0 Å². The van der Waals surface area contributed by atoms with E-state index in [1.165, 1.54) is 32.1 Å². The smallest absolute Gasteiger partial charge is 0.410 e. The Kier molecular flexibility index (Phi) is 2.99. The zero-order chi connectivity index (χ0) is 11.7. The molecule has 1 atom stereocenters. The Morgan fingerprint density at radius 3 is 2.82 bits per heavy atom. The van der Waals surface area contributed by atoms with Crippen molar-refractivity contribution in [2.75, 3.05) is 19.7 Å². The molecule has 0 aromatic carbocycles. The predicted molar refractivity (Wildman–Crippen MR) is 64.9 cm³/mol. The molecule has 96 valence electrons. The summed E-state index contributed by atoms with van der Waals surface area (Å²) in [5.41, 5.74) is 0.323. The first-order valence-corrected chi connectivity index (χ1v) is 6.98. The second-order valence-electron chi connectivity index (χ2n) is 5.72. The van der Waals surface area contributed by atoms with Crippen molar-refractivity contribution in [2.24, 2.45) is 0 Å². The van der Waals surface area contributed by atoms with Crippen molar-refractivity contribution >= 4 is 6.09 Å². The van der Waals surface area contributed by atoms with E-state index in [9.17, 15) is 4.79 Å². The molecular formula is C13H22N2O2. The summed E-state index contributed by atoms with van der Waals surface area (Å²) in [7, 11) is 0. The van der Waals surface area contributed by atoms with Gasteiger partial charge < -0.3 is 15.0 Å². The number of carbonyl (C=O) groups excluding carboxylic acids is 1. The Labute approximate surface area is 103 Å². The average Bonchev–Trinajstić information content (AvgIpc) is 2.77. The van der Waals surface area contributed by atoms with Gasteiger partial charge in [-0.25, -0.2) is 4.79 Å². The van der Waals surface area contributed by atoms with Crippen molar-refractivity contribution in [3.63, 3.8) is 0 Å². The molecule has 3 fully saturated rings. The molecule has 1 unspecified atom stereocenters. The number of carbonyl (C=O) groups is 1. The van der Waals surface area contributed by atoms with Crippen LogP contribution in [0.2, 0.25) is 0 Å². The van der Waals surface area contributed by atoms with Crippen LogP contribution in [0.1, 0.15) is 44.9 Å². The first-order chi connectivity index (χ1) is 8.29. The highest BCUT2D eigenvalue weighted by atomic mass is 16.6. The lowest BCUT2D eigenvalue weighted by molar-refractivity contribution is 0.0989. The summed E-state index contributed by atoms with van der Waals surface area (Å²) in [6.45, 7) is 2.42. The number of hydrogen-bond donors (Lipinski definition) is 1. The van der Waals surface area contributed by atoms with Gasteiger partial charge in [-0.15, -0.1) is 0 Å². The lowest BCUT2D eigenvalue weighted by atomic mass is 9.74. The van der Waals surface area contributed by atoms with Gasteiger partial charge in [0.15, 0.2) is 0 Å². The lowest BCUT2D eigenvalue weighted by Crippen LogP contribution is -2.57. The van der Waals surface area contributed by atoms with Crippen LogP contribution in [0.3, 0.4) is 0 Å². The van der Waals surface area contributed by atoms with Gasteiger partial charge in [-0.1, -0.05) is 19.3 Å². The second kappa shape index (κ2) is 4.48. The minimum absolute atomic E-state index is 0.0946. The molecule has 17 heavy (non-hydrogen) atoms. The van der Waals surface area contributed by atoms with Crippen molar-refractivity contribution in [2.45, 2.75) is 56.5 Å². The summed E-state index contributed by atoms with van der Waals surface area (Å²) in [6.07, 6.45) is 8.73. The SMILES string of the molecule is O=C1OCCN1C1CCNC2(CCCCC2)C1. The number of rotatable bonds is 1. The van der Waals surface area contributed by atoms with Crippen LogP contribution in [-0.4, -0.2) is 42.3 Å². The largest absolute Gasteiger partial charge is 0.448 e. The molecule has 4 heteroatoms. The van der Waals surface area contributed by atoms with E-state index in [2.05, 4.69) is 5.32 Å². The number of nitrogens with one attached hydrogen (secondary N) is 1. The van der Waals surface area contributed by atoms with E-state index >= 15 is 0 Å². The maximum absolute atomic E-state index is 11.6. The van der Waals surface area contributed by atoms with E-state index in [1.807, 2.05) is 4.90 Å². The van der Waals surface area contributed by atoms with Crippen LogP contribution in [-0.2, 0) is 4.74 Å². The van der Waals surface area contributed by atoms with Gasteiger partial charge in [0.1, 0.15) is 6.61 Å². The lowest BCUT2D eigenvalue weighted by Gasteiger charge is -2.46. The van der Waals surface area contributed by atoms with Gasteiger partial charge in [0.05, 0.1) is 6.54 Å². The Morgan fingerprint density at radius 1 is 1.29 bits per heavy atom. The summed E-state index contributed by atoms with van der Waals surface area (Å²) in [4.78, 5) is 13.6. The van der Waals surface area contributed by atoms with Crippen LogP contribution in [0, 0.1) is 0 Å². The zero-order valence-electron chi connectivity index (χ0n) is 10.4. The molecule has 1 spiro atoms. The fourth-order valence-electron chi connectivity index (χ4n) is 3.74. The standard InChI is InChI=1S/C13H22N2O2/c16-12-15(8-9-17-12)11-4-7-14-13(10-11)5-2-1-3-6-13/h11,14H,1-10H2. The molecule has 2 saturated heterocycles. The third kappa shape index (κ3) is 2.15. The van der Waals surface area contributed by atoms with Crippen LogP contribution in [0.5, 0.6) is 0 Å². The summed E-state index contributed by atoms with van der Waals surface area (Å²) >= 11 is 0. The molecule has 2 aliphatic heterocycles. The molecule has 3 rings (SSSR count). The maximum Gasteiger partial charge on any atom is 0.410 e. The highest BCUT2D eigenvalue weighted by molar-refractivity contribution is 5.69. The summed E-state index contributed by atoms with van der Waals surface area (Å²) in [5, 5.41) is 3.72. The Bertz CT molecular complexity index is 294. The monoisotopic (exact) mass is 238 g/mol. The fraction of sp³-hybridized carbons (Fsp3) is 0.923. The Hall–Kier alpha value is -0.770. The molecule has 0 radical (unpaired) electrons. The molecule has 1 amide bonds. The minimum Gasteiger partial charge on any atom is -0.448 e. The average molecular weight is 238 g/mol. The third-order valence-corrected chi connectivity index (χ3v) is 4.65. The van der Waals surface area contributed by atoms with E-state index < -0.39 is 0 Å². The zero-order valence-corrected chi connectivity index (χ0v) is 10.4. The first kappa shape index (κ1) is 11.3. The van der Waals surface area contributed by atoms with E-state index in [0.717, 1.165) is 25.9 Å². The summed E-state index contributed by atoms with van der Waals surface area (Å²) < 4.78 is 5.06. The Balaban J connectivity index is 1.68. The van der Waals surface area contributed by atoms with Crippen molar-refractivity contribution in [3.05, 3.63) is 0 Å². The van der Waals surface area contributed by atoms with Crippen molar-refractivity contribution in [1.82, 2.24) is 10.2 Å². The topological polar surface area (TPSA) is 41.6 Å². The second-order valence-corrected chi connectivity index (χ2v) is 5.72. The first-order valence-electron chi connectivity index (χ1n) is 6.98. The normalized spacial score (nSPS) is 32.8. The summed E-state index contributed by atoms with van der Waals surface area (Å²) in [5.74, 6) is 0.